The first-order valence-corrected chi connectivity index (χ1v) is 12.7. The lowest BCUT2D eigenvalue weighted by Crippen LogP contribution is -2.52. The Balaban J connectivity index is 1.15. The maximum absolute atomic E-state index is 12.8. The van der Waals surface area contributed by atoms with Gasteiger partial charge < -0.3 is 15.2 Å². The Morgan fingerprint density at radius 1 is 0.914 bits per heavy atom. The molecule has 1 heterocycles. The van der Waals surface area contributed by atoms with Crippen molar-refractivity contribution >= 4 is 5.91 Å². The van der Waals surface area contributed by atoms with E-state index in [2.05, 4.69) is 52.7 Å². The predicted octanol–water partition coefficient (Wildman–Crippen LogP) is 3.80. The second-order valence-electron chi connectivity index (χ2n) is 10.2. The Morgan fingerprint density at radius 3 is 2.26 bits per heavy atom. The molecule has 0 saturated carbocycles. The van der Waals surface area contributed by atoms with E-state index in [1.54, 1.807) is 0 Å². The van der Waals surface area contributed by atoms with E-state index in [4.69, 9.17) is 4.74 Å². The molecule has 2 atom stereocenters. The monoisotopic (exact) mass is 468 g/mol. The molecule has 3 aromatic carbocycles. The topological polar surface area (TPSA) is 61.8 Å². The molecule has 1 amide bonds. The number of fused-ring (bicyclic) bond motifs is 3. The number of hydrogen-bond donors (Lipinski definition) is 2. The van der Waals surface area contributed by atoms with Crippen LogP contribution < -0.4 is 10.1 Å². The third kappa shape index (κ3) is 4.03. The Bertz CT molecular complexity index is 1180. The van der Waals surface area contributed by atoms with Crippen LogP contribution in [0.15, 0.2) is 78.9 Å². The average molecular weight is 469 g/mol. The largest absolute Gasteiger partial charge is 0.484 e. The molecule has 1 aliphatic heterocycles. The summed E-state index contributed by atoms with van der Waals surface area (Å²) in [5.74, 6) is 0.443. The molecule has 1 fully saturated rings. The van der Waals surface area contributed by atoms with Crippen molar-refractivity contribution < 1.29 is 14.6 Å². The first kappa shape index (κ1) is 22.3. The maximum atomic E-state index is 12.8. The van der Waals surface area contributed by atoms with Gasteiger partial charge in [0.15, 0.2) is 6.61 Å². The molecule has 0 radical (unpaired) electrons. The lowest BCUT2D eigenvalue weighted by Gasteiger charge is -2.44. The molecule has 6 rings (SSSR count). The molecule has 3 aliphatic rings. The summed E-state index contributed by atoms with van der Waals surface area (Å²) in [5, 5.41) is 14.7. The third-order valence-electron chi connectivity index (χ3n) is 8.38. The van der Waals surface area contributed by atoms with E-state index < -0.39 is 12.1 Å². The molecule has 180 valence electrons. The van der Waals surface area contributed by atoms with Crippen LogP contribution in [0, 0.1) is 0 Å². The van der Waals surface area contributed by atoms with Gasteiger partial charge in [0.1, 0.15) is 5.75 Å². The van der Waals surface area contributed by atoms with Gasteiger partial charge in [0.25, 0.3) is 5.91 Å². The Morgan fingerprint density at radius 2 is 1.54 bits per heavy atom. The van der Waals surface area contributed by atoms with E-state index in [0.717, 1.165) is 44.3 Å². The zero-order valence-electron chi connectivity index (χ0n) is 19.9. The molecule has 1 saturated heterocycles. The van der Waals surface area contributed by atoms with E-state index in [-0.39, 0.29) is 17.9 Å². The standard InChI is InChI=1S/C30H32N2O3/c33-27(20-35-24-10-2-1-3-11-24)31-28-25-12-6-7-13-26(25)30(29(28)34)14-16-32(17-15-30)23-18-21-8-4-5-9-22(21)19-23/h1-13,23,28-29,34H,14-20H2,(H,31,33)/t28-,29+/m0/s1. The van der Waals surface area contributed by atoms with Crippen LogP contribution in [0.2, 0.25) is 0 Å². The van der Waals surface area contributed by atoms with Crippen molar-refractivity contribution in [1.82, 2.24) is 10.2 Å². The van der Waals surface area contributed by atoms with Crippen molar-refractivity contribution in [3.8, 4) is 5.75 Å². The number of carbonyl (C=O) groups excluding carboxylic acids is 1. The average Bonchev–Trinajstić information content (AvgIpc) is 3.43. The summed E-state index contributed by atoms with van der Waals surface area (Å²) in [6.07, 6.45) is 3.36. The lowest BCUT2D eigenvalue weighted by atomic mass is 9.71. The highest BCUT2D eigenvalue weighted by atomic mass is 16.5. The number of para-hydroxylation sites is 1. The van der Waals surface area contributed by atoms with Crippen LogP contribution in [-0.2, 0) is 23.1 Å². The number of likely N-dealkylation sites (tertiary alicyclic amines) is 1. The van der Waals surface area contributed by atoms with Crippen LogP contribution in [0.25, 0.3) is 0 Å². The molecule has 5 nitrogen and oxygen atoms in total. The molecule has 0 unspecified atom stereocenters. The molecule has 5 heteroatoms. The molecule has 35 heavy (non-hydrogen) atoms. The Hall–Kier alpha value is -3.15. The molecule has 3 aromatic rings. The van der Waals surface area contributed by atoms with Gasteiger partial charge in [-0.2, -0.15) is 0 Å². The van der Waals surface area contributed by atoms with Crippen LogP contribution in [-0.4, -0.2) is 47.8 Å². The van der Waals surface area contributed by atoms with Gasteiger partial charge in [0.2, 0.25) is 0 Å². The van der Waals surface area contributed by atoms with Gasteiger partial charge in [0.05, 0.1) is 12.1 Å². The number of amides is 1. The number of benzene rings is 3. The molecule has 0 aromatic heterocycles. The minimum atomic E-state index is -0.650. The maximum Gasteiger partial charge on any atom is 0.258 e. The van der Waals surface area contributed by atoms with Gasteiger partial charge in [0, 0.05) is 11.5 Å². The van der Waals surface area contributed by atoms with Crippen molar-refractivity contribution in [3.05, 3.63) is 101 Å². The SMILES string of the molecule is O=C(COc1ccccc1)N[C@H]1c2ccccc2C2(CCN(C3Cc4ccccc4C3)CC2)[C@@H]1O. The van der Waals surface area contributed by atoms with E-state index in [1.807, 2.05) is 36.4 Å². The number of ether oxygens (including phenoxy) is 1. The van der Waals surface area contributed by atoms with E-state index in [1.165, 1.54) is 16.7 Å². The van der Waals surface area contributed by atoms with E-state index in [0.29, 0.717) is 11.8 Å². The predicted molar refractivity (Wildman–Crippen MR) is 135 cm³/mol. The summed E-state index contributed by atoms with van der Waals surface area (Å²) in [6.45, 7) is 1.85. The highest BCUT2D eigenvalue weighted by Gasteiger charge is 2.53. The zero-order chi connectivity index (χ0) is 23.8. The van der Waals surface area contributed by atoms with Crippen LogP contribution in [0.4, 0.5) is 0 Å². The van der Waals surface area contributed by atoms with Crippen LogP contribution in [0.3, 0.4) is 0 Å². The number of hydrogen-bond acceptors (Lipinski definition) is 4. The van der Waals surface area contributed by atoms with Crippen LogP contribution >= 0.6 is 0 Å². The molecule has 2 N–H and O–H groups in total. The third-order valence-corrected chi connectivity index (χ3v) is 8.38. The number of piperidine rings is 1. The summed E-state index contributed by atoms with van der Waals surface area (Å²) in [4.78, 5) is 15.4. The zero-order valence-corrected chi connectivity index (χ0v) is 19.9. The van der Waals surface area contributed by atoms with E-state index >= 15 is 0 Å². The lowest BCUT2D eigenvalue weighted by molar-refractivity contribution is -0.125. The minimum Gasteiger partial charge on any atom is -0.484 e. The highest BCUT2D eigenvalue weighted by Crippen LogP contribution is 2.51. The summed E-state index contributed by atoms with van der Waals surface area (Å²) < 4.78 is 5.64. The molecule has 2 aliphatic carbocycles. The molecule has 0 bridgehead atoms. The smallest absolute Gasteiger partial charge is 0.258 e. The van der Waals surface area contributed by atoms with Gasteiger partial charge in [-0.1, -0.05) is 66.7 Å². The van der Waals surface area contributed by atoms with Gasteiger partial charge >= 0.3 is 0 Å². The first-order valence-electron chi connectivity index (χ1n) is 12.7. The molecular weight excluding hydrogens is 436 g/mol. The number of aliphatic hydroxyl groups is 1. The molecule has 1 spiro atoms. The van der Waals surface area contributed by atoms with Crippen LogP contribution in [0.5, 0.6) is 5.75 Å². The second-order valence-corrected chi connectivity index (χ2v) is 10.2. The quantitative estimate of drug-likeness (QED) is 0.598. The number of carbonyl (C=O) groups is 1. The number of nitrogens with one attached hydrogen (secondary N) is 1. The van der Waals surface area contributed by atoms with Crippen LogP contribution in [0.1, 0.15) is 41.1 Å². The Kier molecular flexibility index (Phi) is 5.83. The second kappa shape index (κ2) is 9.14. The number of rotatable bonds is 5. The van der Waals surface area contributed by atoms with Gasteiger partial charge in [-0.15, -0.1) is 0 Å². The van der Waals surface area contributed by atoms with Crippen molar-refractivity contribution in [2.75, 3.05) is 19.7 Å². The fourth-order valence-electron chi connectivity index (χ4n) is 6.55. The van der Waals surface area contributed by atoms with Crippen molar-refractivity contribution in [3.63, 3.8) is 0 Å². The number of nitrogens with zero attached hydrogens (tertiary/aromatic N) is 1. The fourth-order valence-corrected chi connectivity index (χ4v) is 6.55. The van der Waals surface area contributed by atoms with Gasteiger partial charge in [-0.3, -0.25) is 9.69 Å². The summed E-state index contributed by atoms with van der Waals surface area (Å²) >= 11 is 0. The molecular formula is C30H32N2O3. The first-order chi connectivity index (χ1) is 17.1. The fraction of sp³-hybridized carbons (Fsp3) is 0.367. The van der Waals surface area contributed by atoms with E-state index in [9.17, 15) is 9.90 Å². The highest BCUT2D eigenvalue weighted by molar-refractivity contribution is 5.78. The van der Waals surface area contributed by atoms with Crippen molar-refractivity contribution in [2.45, 2.75) is 49.3 Å². The summed E-state index contributed by atoms with van der Waals surface area (Å²) in [7, 11) is 0. The van der Waals surface area contributed by atoms with Gasteiger partial charge in [-0.25, -0.2) is 0 Å². The number of aliphatic hydroxyl groups excluding tert-OH is 1. The summed E-state index contributed by atoms with van der Waals surface area (Å²) in [5.41, 5.74) is 4.86. The normalized spacial score (nSPS) is 23.1. The van der Waals surface area contributed by atoms with Crippen molar-refractivity contribution in [2.24, 2.45) is 0 Å². The minimum absolute atomic E-state index is 0.0710. The summed E-state index contributed by atoms with van der Waals surface area (Å²) in [6, 6.07) is 26.5. The Labute approximate surface area is 206 Å². The van der Waals surface area contributed by atoms with Gasteiger partial charge in [-0.05, 0) is 73.2 Å². The van der Waals surface area contributed by atoms with Crippen molar-refractivity contribution in [1.29, 1.82) is 0 Å².